The minimum Gasteiger partial charge on any atom is -0.397 e. The summed E-state index contributed by atoms with van der Waals surface area (Å²) < 4.78 is 14.1. The summed E-state index contributed by atoms with van der Waals surface area (Å²) in [4.78, 5) is 1.79. The molecule has 0 atom stereocenters. The lowest BCUT2D eigenvalue weighted by Crippen LogP contribution is -2.41. The third-order valence-corrected chi connectivity index (χ3v) is 3.73. The average Bonchev–Trinajstić information content (AvgIpc) is 2.26. The SMILES string of the molecule is CCC(C)(C)N(C)c1c(N)cc(N)c(Cl)c1F. The van der Waals surface area contributed by atoms with Crippen molar-refractivity contribution in [1.82, 2.24) is 0 Å². The number of hydrogen-bond donors (Lipinski definition) is 2. The van der Waals surface area contributed by atoms with E-state index in [9.17, 15) is 4.39 Å². The van der Waals surface area contributed by atoms with Crippen molar-refractivity contribution < 1.29 is 4.39 Å². The van der Waals surface area contributed by atoms with Crippen molar-refractivity contribution in [3.8, 4) is 0 Å². The molecule has 0 aromatic heterocycles. The molecule has 0 spiro atoms. The van der Waals surface area contributed by atoms with Crippen molar-refractivity contribution in [3.63, 3.8) is 0 Å². The van der Waals surface area contributed by atoms with Gasteiger partial charge in [0.15, 0.2) is 5.82 Å². The molecule has 4 N–H and O–H groups in total. The molecule has 0 aliphatic heterocycles. The van der Waals surface area contributed by atoms with E-state index in [0.717, 1.165) is 6.42 Å². The van der Waals surface area contributed by atoms with Gasteiger partial charge >= 0.3 is 0 Å². The van der Waals surface area contributed by atoms with Crippen LogP contribution in [-0.2, 0) is 0 Å². The molecule has 0 fully saturated rings. The van der Waals surface area contributed by atoms with Crippen LogP contribution in [0.1, 0.15) is 27.2 Å². The molecule has 0 bridgehead atoms. The minimum atomic E-state index is -0.562. The maximum Gasteiger partial charge on any atom is 0.169 e. The third kappa shape index (κ3) is 2.41. The lowest BCUT2D eigenvalue weighted by atomic mass is 9.98. The fourth-order valence-corrected chi connectivity index (χ4v) is 1.68. The van der Waals surface area contributed by atoms with Crippen LogP contribution in [0, 0.1) is 5.82 Å². The number of nitrogens with two attached hydrogens (primary N) is 2. The van der Waals surface area contributed by atoms with Crippen LogP contribution in [0.2, 0.25) is 5.02 Å². The Morgan fingerprint density at radius 2 is 1.88 bits per heavy atom. The predicted octanol–water partition coefficient (Wildman–Crippen LogP) is 3.27. The van der Waals surface area contributed by atoms with Gasteiger partial charge in [0.25, 0.3) is 0 Å². The van der Waals surface area contributed by atoms with Crippen molar-refractivity contribution >= 4 is 28.7 Å². The molecule has 1 aromatic carbocycles. The number of nitrogen functional groups attached to an aromatic ring is 2. The van der Waals surface area contributed by atoms with E-state index < -0.39 is 5.82 Å². The summed E-state index contributed by atoms with van der Waals surface area (Å²) in [6.07, 6.45) is 0.852. The zero-order chi connectivity index (χ0) is 13.4. The number of anilines is 3. The van der Waals surface area contributed by atoms with Gasteiger partial charge in [-0.2, -0.15) is 0 Å². The predicted molar refractivity (Wildman–Crippen MR) is 73.0 cm³/mol. The van der Waals surface area contributed by atoms with Gasteiger partial charge in [0.05, 0.1) is 17.1 Å². The topological polar surface area (TPSA) is 55.3 Å². The Morgan fingerprint density at radius 1 is 1.35 bits per heavy atom. The van der Waals surface area contributed by atoms with Crippen molar-refractivity contribution in [1.29, 1.82) is 0 Å². The van der Waals surface area contributed by atoms with Gasteiger partial charge < -0.3 is 16.4 Å². The van der Waals surface area contributed by atoms with Gasteiger partial charge in [-0.05, 0) is 26.3 Å². The summed E-state index contributed by atoms with van der Waals surface area (Å²) >= 11 is 5.81. The van der Waals surface area contributed by atoms with Gasteiger partial charge in [-0.3, -0.25) is 0 Å². The Bertz CT molecular complexity index is 432. The smallest absolute Gasteiger partial charge is 0.169 e. The lowest BCUT2D eigenvalue weighted by molar-refractivity contribution is 0.463. The number of benzene rings is 1. The van der Waals surface area contributed by atoms with Crippen molar-refractivity contribution in [2.24, 2.45) is 0 Å². The van der Waals surface area contributed by atoms with Crippen LogP contribution < -0.4 is 16.4 Å². The molecule has 0 saturated carbocycles. The van der Waals surface area contributed by atoms with Crippen LogP contribution in [0.3, 0.4) is 0 Å². The molecule has 1 aromatic rings. The van der Waals surface area contributed by atoms with Crippen LogP contribution in [-0.4, -0.2) is 12.6 Å². The van der Waals surface area contributed by atoms with Gasteiger partial charge in [-0.1, -0.05) is 18.5 Å². The summed E-state index contributed by atoms with van der Waals surface area (Å²) in [5.41, 5.74) is 11.9. The second kappa shape index (κ2) is 4.61. The highest BCUT2D eigenvalue weighted by molar-refractivity contribution is 6.33. The Balaban J connectivity index is 3.37. The van der Waals surface area contributed by atoms with Crippen LogP contribution in [0.15, 0.2) is 6.07 Å². The van der Waals surface area contributed by atoms with Gasteiger partial charge in [-0.25, -0.2) is 4.39 Å². The number of nitrogens with zero attached hydrogens (tertiary/aromatic N) is 1. The first-order valence-corrected chi connectivity index (χ1v) is 5.87. The van der Waals surface area contributed by atoms with Gasteiger partial charge in [0, 0.05) is 12.6 Å². The number of halogens is 2. The standard InChI is InChI=1S/C12H19ClFN3/c1-5-12(2,3)17(4)11-8(16)6-7(15)9(13)10(11)14/h6H,5,15-16H2,1-4H3. The summed E-state index contributed by atoms with van der Waals surface area (Å²) in [6, 6.07) is 1.49. The van der Waals surface area contributed by atoms with Crippen molar-refractivity contribution in [3.05, 3.63) is 16.9 Å². The highest BCUT2D eigenvalue weighted by Gasteiger charge is 2.27. The molecule has 0 radical (unpaired) electrons. The van der Waals surface area contributed by atoms with E-state index in [1.165, 1.54) is 6.07 Å². The van der Waals surface area contributed by atoms with E-state index in [0.29, 0.717) is 11.4 Å². The number of hydrogen-bond acceptors (Lipinski definition) is 3. The highest BCUT2D eigenvalue weighted by Crippen LogP contribution is 2.38. The van der Waals surface area contributed by atoms with Crippen molar-refractivity contribution in [2.45, 2.75) is 32.7 Å². The fourth-order valence-electron chi connectivity index (χ4n) is 1.54. The van der Waals surface area contributed by atoms with E-state index >= 15 is 0 Å². The number of rotatable bonds is 3. The van der Waals surface area contributed by atoms with Crippen LogP contribution in [0.5, 0.6) is 0 Å². The minimum absolute atomic E-state index is 0.0760. The summed E-state index contributed by atoms with van der Waals surface area (Å²) in [5.74, 6) is -0.562. The quantitative estimate of drug-likeness (QED) is 0.819. The first-order chi connectivity index (χ1) is 7.72. The average molecular weight is 260 g/mol. The molecular weight excluding hydrogens is 241 g/mol. The molecule has 3 nitrogen and oxygen atoms in total. The first-order valence-electron chi connectivity index (χ1n) is 5.49. The lowest BCUT2D eigenvalue weighted by Gasteiger charge is -2.37. The maximum atomic E-state index is 14.1. The normalized spacial score (nSPS) is 11.6. The second-order valence-electron chi connectivity index (χ2n) is 4.76. The molecule has 0 amide bonds. The van der Waals surface area contributed by atoms with E-state index in [2.05, 4.69) is 0 Å². The van der Waals surface area contributed by atoms with Crippen molar-refractivity contribution in [2.75, 3.05) is 23.4 Å². The Hall–Kier alpha value is -1.16. The fraction of sp³-hybridized carbons (Fsp3) is 0.500. The van der Waals surface area contributed by atoms with Gasteiger partial charge in [-0.15, -0.1) is 0 Å². The monoisotopic (exact) mass is 259 g/mol. The Kier molecular flexibility index (Phi) is 3.77. The molecule has 17 heavy (non-hydrogen) atoms. The van der Waals surface area contributed by atoms with E-state index in [1.54, 1.807) is 11.9 Å². The maximum absolute atomic E-state index is 14.1. The molecular formula is C12H19ClFN3. The summed E-state index contributed by atoms with van der Waals surface area (Å²) in [5, 5.41) is -0.0760. The zero-order valence-electron chi connectivity index (χ0n) is 10.6. The Morgan fingerprint density at radius 3 is 2.35 bits per heavy atom. The highest BCUT2D eigenvalue weighted by atomic mass is 35.5. The molecule has 0 heterocycles. The first kappa shape index (κ1) is 13.9. The van der Waals surface area contributed by atoms with Crippen LogP contribution in [0.25, 0.3) is 0 Å². The Labute approximate surface area is 107 Å². The molecule has 5 heteroatoms. The van der Waals surface area contributed by atoms with Crippen LogP contribution >= 0.6 is 11.6 Å². The van der Waals surface area contributed by atoms with E-state index in [-0.39, 0.29) is 16.2 Å². The molecule has 96 valence electrons. The summed E-state index contributed by atoms with van der Waals surface area (Å²) in [6.45, 7) is 6.05. The largest absolute Gasteiger partial charge is 0.397 e. The molecule has 0 unspecified atom stereocenters. The summed E-state index contributed by atoms with van der Waals surface area (Å²) in [7, 11) is 1.80. The third-order valence-electron chi connectivity index (χ3n) is 3.35. The van der Waals surface area contributed by atoms with E-state index in [4.69, 9.17) is 23.1 Å². The molecule has 1 rings (SSSR count). The van der Waals surface area contributed by atoms with Crippen LogP contribution in [0.4, 0.5) is 21.5 Å². The van der Waals surface area contributed by atoms with Gasteiger partial charge in [0.1, 0.15) is 5.02 Å². The molecule has 0 saturated heterocycles. The molecule has 0 aliphatic carbocycles. The van der Waals surface area contributed by atoms with E-state index in [1.807, 2.05) is 20.8 Å². The second-order valence-corrected chi connectivity index (χ2v) is 5.13. The molecule has 0 aliphatic rings. The zero-order valence-corrected chi connectivity index (χ0v) is 11.4. The van der Waals surface area contributed by atoms with Gasteiger partial charge in [0.2, 0.25) is 0 Å².